The fourth-order valence-electron chi connectivity index (χ4n) is 1.43. The van der Waals surface area contributed by atoms with E-state index in [1.807, 2.05) is 6.92 Å². The van der Waals surface area contributed by atoms with Crippen LogP contribution in [0.2, 0.25) is 0 Å². The number of hydrogen-bond acceptors (Lipinski definition) is 5. The molecule has 0 aliphatic heterocycles. The van der Waals surface area contributed by atoms with Gasteiger partial charge in [-0.25, -0.2) is 0 Å². The van der Waals surface area contributed by atoms with E-state index in [0.717, 1.165) is 12.2 Å². The molecule has 0 radical (unpaired) electrons. The molecule has 0 unspecified atom stereocenters. The molecule has 0 saturated heterocycles. The van der Waals surface area contributed by atoms with Crippen molar-refractivity contribution in [2.24, 2.45) is 0 Å². The Hall–Kier alpha value is -1.43. The van der Waals surface area contributed by atoms with Gasteiger partial charge in [0.25, 0.3) is 0 Å². The molecule has 0 spiro atoms. The van der Waals surface area contributed by atoms with Gasteiger partial charge >= 0.3 is 5.97 Å². The summed E-state index contributed by atoms with van der Waals surface area (Å²) in [7, 11) is 3.02. The zero-order chi connectivity index (χ0) is 13.5. The van der Waals surface area contributed by atoms with Gasteiger partial charge < -0.3 is 19.5 Å². The van der Waals surface area contributed by atoms with E-state index in [1.165, 1.54) is 14.2 Å². The first-order valence-corrected chi connectivity index (χ1v) is 6.54. The summed E-state index contributed by atoms with van der Waals surface area (Å²) >= 11 is 3.04. The Labute approximate surface area is 115 Å². The third-order valence-corrected chi connectivity index (χ3v) is 2.62. The van der Waals surface area contributed by atoms with Gasteiger partial charge in [-0.15, -0.1) is 0 Å². The highest BCUT2D eigenvalue weighted by Gasteiger charge is 2.17. The van der Waals surface area contributed by atoms with Gasteiger partial charge in [-0.2, -0.15) is 0 Å². The van der Waals surface area contributed by atoms with Crippen molar-refractivity contribution < 1.29 is 19.0 Å². The molecule has 0 amide bonds. The summed E-state index contributed by atoms with van der Waals surface area (Å²) in [6, 6.07) is 3.51. The molecule has 0 saturated carbocycles. The van der Waals surface area contributed by atoms with Crippen LogP contribution in [0.4, 0.5) is 5.69 Å². The number of carbonyl (C=O) groups is 1. The van der Waals surface area contributed by atoms with Crippen LogP contribution in [0.1, 0.15) is 6.92 Å². The lowest BCUT2D eigenvalue weighted by Gasteiger charge is -2.15. The van der Waals surface area contributed by atoms with Crippen LogP contribution in [0.15, 0.2) is 12.1 Å². The molecule has 0 heterocycles. The number of halogens is 1. The quantitative estimate of drug-likeness (QED) is 0.496. The van der Waals surface area contributed by atoms with Crippen LogP contribution in [-0.4, -0.2) is 32.1 Å². The Kier molecular flexibility index (Phi) is 5.77. The molecule has 1 N–H and O–H groups in total. The lowest BCUT2D eigenvalue weighted by Crippen LogP contribution is -2.11. The molecule has 0 aromatic heterocycles. The van der Waals surface area contributed by atoms with Crippen LogP contribution < -0.4 is 19.5 Å². The van der Waals surface area contributed by atoms with Gasteiger partial charge in [0, 0.05) is 24.4 Å². The van der Waals surface area contributed by atoms with Crippen LogP contribution in [0.3, 0.4) is 0 Å². The van der Waals surface area contributed by atoms with E-state index in [2.05, 4.69) is 21.2 Å². The number of esters is 1. The summed E-state index contributed by atoms with van der Waals surface area (Å²) < 4.78 is 15.6. The van der Waals surface area contributed by atoms with Gasteiger partial charge in [0.15, 0.2) is 11.5 Å². The van der Waals surface area contributed by atoms with Crippen LogP contribution >= 0.6 is 15.9 Å². The highest BCUT2D eigenvalue weighted by atomic mass is 79.9. The minimum Gasteiger partial charge on any atom is -0.493 e. The maximum Gasteiger partial charge on any atom is 0.322 e. The third kappa shape index (κ3) is 3.53. The molecular weight excluding hydrogens is 302 g/mol. The number of ether oxygens (including phenoxy) is 3. The Morgan fingerprint density at radius 1 is 1.28 bits per heavy atom. The van der Waals surface area contributed by atoms with E-state index >= 15 is 0 Å². The number of benzene rings is 1. The first-order valence-electron chi connectivity index (χ1n) is 5.42. The van der Waals surface area contributed by atoms with E-state index in [1.54, 1.807) is 12.1 Å². The number of alkyl halides is 1. The average molecular weight is 318 g/mol. The van der Waals surface area contributed by atoms with Gasteiger partial charge in [0.05, 0.1) is 14.2 Å². The number of hydrogen-bond donors (Lipinski definition) is 1. The lowest BCUT2D eigenvalue weighted by atomic mass is 10.2. The van der Waals surface area contributed by atoms with E-state index in [-0.39, 0.29) is 11.1 Å². The first kappa shape index (κ1) is 14.6. The molecule has 0 fully saturated rings. The molecule has 6 heteroatoms. The summed E-state index contributed by atoms with van der Waals surface area (Å²) in [5.41, 5.74) is 0.838. The van der Waals surface area contributed by atoms with Crippen LogP contribution in [0, 0.1) is 0 Å². The number of carbonyl (C=O) groups excluding carboxylic acids is 1. The molecule has 5 nitrogen and oxygen atoms in total. The molecule has 100 valence electrons. The van der Waals surface area contributed by atoms with Crippen molar-refractivity contribution in [3.63, 3.8) is 0 Å². The SMILES string of the molecule is CCNc1cc(OC)c(OC(=O)CBr)c(OC)c1. The van der Waals surface area contributed by atoms with Gasteiger partial charge in [-0.1, -0.05) is 15.9 Å². The second kappa shape index (κ2) is 7.10. The molecule has 0 atom stereocenters. The average Bonchev–Trinajstić information content (AvgIpc) is 2.39. The molecule has 1 aromatic carbocycles. The summed E-state index contributed by atoms with van der Waals surface area (Å²) in [6.07, 6.45) is 0. The molecule has 0 bridgehead atoms. The maximum absolute atomic E-state index is 11.3. The maximum atomic E-state index is 11.3. The third-order valence-electron chi connectivity index (χ3n) is 2.17. The number of rotatable bonds is 6. The molecule has 1 rings (SSSR count). The zero-order valence-corrected chi connectivity index (χ0v) is 12.2. The fraction of sp³-hybridized carbons (Fsp3) is 0.417. The summed E-state index contributed by atoms with van der Waals surface area (Å²) in [5.74, 6) is 0.758. The topological polar surface area (TPSA) is 56.8 Å². The highest BCUT2D eigenvalue weighted by Crippen LogP contribution is 2.40. The van der Waals surface area contributed by atoms with Crippen LogP contribution in [0.5, 0.6) is 17.2 Å². The Morgan fingerprint density at radius 3 is 2.22 bits per heavy atom. The summed E-state index contributed by atoms with van der Waals surface area (Å²) in [5, 5.41) is 3.25. The smallest absolute Gasteiger partial charge is 0.322 e. The van der Waals surface area contributed by atoms with Crippen molar-refractivity contribution in [1.29, 1.82) is 0 Å². The molecule has 0 aliphatic carbocycles. The van der Waals surface area contributed by atoms with E-state index < -0.39 is 5.97 Å². The normalized spacial score (nSPS) is 9.78. The van der Waals surface area contributed by atoms with E-state index in [4.69, 9.17) is 14.2 Å². The minimum absolute atomic E-state index is 0.105. The van der Waals surface area contributed by atoms with Gasteiger partial charge in [0.1, 0.15) is 5.33 Å². The number of nitrogens with one attached hydrogen (secondary N) is 1. The summed E-state index contributed by atoms with van der Waals surface area (Å²) in [4.78, 5) is 11.3. The fourth-order valence-corrected chi connectivity index (χ4v) is 1.54. The lowest BCUT2D eigenvalue weighted by molar-refractivity contribution is -0.131. The number of methoxy groups -OCH3 is 2. The van der Waals surface area contributed by atoms with Crippen molar-refractivity contribution in [3.05, 3.63) is 12.1 Å². The van der Waals surface area contributed by atoms with Crippen molar-refractivity contribution in [2.45, 2.75) is 6.92 Å². The second-order valence-electron chi connectivity index (χ2n) is 3.35. The number of anilines is 1. The predicted octanol–water partition coefficient (Wildman–Crippen LogP) is 2.44. The van der Waals surface area contributed by atoms with Gasteiger partial charge in [-0.05, 0) is 6.92 Å². The predicted molar refractivity (Wildman–Crippen MR) is 73.1 cm³/mol. The Bertz CT molecular complexity index is 398. The zero-order valence-electron chi connectivity index (χ0n) is 10.6. The second-order valence-corrected chi connectivity index (χ2v) is 3.91. The monoisotopic (exact) mass is 317 g/mol. The molecule has 18 heavy (non-hydrogen) atoms. The highest BCUT2D eigenvalue weighted by molar-refractivity contribution is 9.09. The minimum atomic E-state index is -0.414. The van der Waals surface area contributed by atoms with E-state index in [9.17, 15) is 4.79 Å². The Morgan fingerprint density at radius 2 is 1.83 bits per heavy atom. The van der Waals surface area contributed by atoms with E-state index in [0.29, 0.717) is 11.5 Å². The standard InChI is InChI=1S/C12H16BrNO4/c1-4-14-8-5-9(16-2)12(10(6-8)17-3)18-11(15)7-13/h5-6,14H,4,7H2,1-3H3. The first-order chi connectivity index (χ1) is 8.65. The van der Waals surface area contributed by atoms with Crippen molar-refractivity contribution >= 4 is 27.6 Å². The van der Waals surface area contributed by atoms with Crippen LogP contribution in [-0.2, 0) is 4.79 Å². The largest absolute Gasteiger partial charge is 0.493 e. The van der Waals surface area contributed by atoms with Crippen molar-refractivity contribution in [1.82, 2.24) is 0 Å². The van der Waals surface area contributed by atoms with Gasteiger partial charge in [0.2, 0.25) is 5.75 Å². The van der Waals surface area contributed by atoms with Crippen molar-refractivity contribution in [3.8, 4) is 17.2 Å². The molecule has 0 aliphatic rings. The summed E-state index contributed by atoms with van der Waals surface area (Å²) in [6.45, 7) is 2.75. The molecule has 1 aromatic rings. The Balaban J connectivity index is 3.16. The molecular formula is C12H16BrNO4. The van der Waals surface area contributed by atoms with Crippen molar-refractivity contribution in [2.75, 3.05) is 31.4 Å². The van der Waals surface area contributed by atoms with Gasteiger partial charge in [-0.3, -0.25) is 4.79 Å². The van der Waals surface area contributed by atoms with Crippen LogP contribution in [0.25, 0.3) is 0 Å².